The Morgan fingerprint density at radius 3 is 2.50 bits per heavy atom. The third-order valence-corrected chi connectivity index (χ3v) is 1.83. The quantitative estimate of drug-likeness (QED) is 0.455. The van der Waals surface area contributed by atoms with Crippen molar-refractivity contribution in [3.05, 3.63) is 0 Å². The molecule has 0 aromatic heterocycles. The van der Waals surface area contributed by atoms with Crippen LogP contribution in [-0.2, 0) is 9.53 Å². The Hall–Kier alpha value is -0.530. The van der Waals surface area contributed by atoms with Gasteiger partial charge in [0.25, 0.3) is 0 Å². The summed E-state index contributed by atoms with van der Waals surface area (Å²) in [6.45, 7) is 5.60. The van der Waals surface area contributed by atoms with Crippen LogP contribution >= 0.6 is 0 Å². The van der Waals surface area contributed by atoms with Crippen molar-refractivity contribution in [2.24, 2.45) is 0 Å². The molecule has 0 saturated carbocycles. The maximum atomic E-state index is 10.5. The van der Waals surface area contributed by atoms with Gasteiger partial charge in [-0.25, -0.2) is 0 Å². The second-order valence-electron chi connectivity index (χ2n) is 3.27. The van der Waals surface area contributed by atoms with Gasteiger partial charge in [0.1, 0.15) is 0 Å². The number of hydrogen-bond donors (Lipinski definition) is 0. The van der Waals surface area contributed by atoms with E-state index in [2.05, 4.69) is 6.92 Å². The molecule has 0 unspecified atom stereocenters. The molecule has 0 N–H and O–H groups in total. The second kappa shape index (κ2) is 7.14. The molecule has 2 nitrogen and oxygen atoms in total. The average molecular weight is 172 g/mol. The lowest BCUT2D eigenvalue weighted by Crippen LogP contribution is -2.11. The van der Waals surface area contributed by atoms with Gasteiger partial charge < -0.3 is 4.74 Å². The Balaban J connectivity index is 3.19. The fraction of sp³-hybridized carbons (Fsp3) is 0.900. The minimum atomic E-state index is -0.169. The molecule has 0 spiro atoms. The molecule has 0 aromatic rings. The lowest BCUT2D eigenvalue weighted by atomic mass is 10.1. The van der Waals surface area contributed by atoms with Crippen LogP contribution in [0.5, 0.6) is 0 Å². The van der Waals surface area contributed by atoms with Crippen molar-refractivity contribution < 1.29 is 9.53 Å². The first-order valence-electron chi connectivity index (χ1n) is 4.84. The summed E-state index contributed by atoms with van der Waals surface area (Å²) in [5.41, 5.74) is 0. The van der Waals surface area contributed by atoms with Crippen LogP contribution in [0.2, 0.25) is 0 Å². The highest BCUT2D eigenvalue weighted by Gasteiger charge is 2.03. The highest BCUT2D eigenvalue weighted by atomic mass is 16.5. The molecule has 1 atom stereocenters. The van der Waals surface area contributed by atoms with E-state index in [1.165, 1.54) is 32.6 Å². The van der Waals surface area contributed by atoms with Crippen LogP contribution in [0.3, 0.4) is 0 Å². The third kappa shape index (κ3) is 7.58. The molecule has 0 fully saturated rings. The number of hydrogen-bond acceptors (Lipinski definition) is 2. The van der Waals surface area contributed by atoms with Crippen molar-refractivity contribution in [1.82, 2.24) is 0 Å². The SMILES string of the molecule is CCCCCC[C@H](C)OC(C)=O. The first-order valence-corrected chi connectivity index (χ1v) is 4.84. The van der Waals surface area contributed by atoms with E-state index in [9.17, 15) is 4.79 Å². The van der Waals surface area contributed by atoms with E-state index in [4.69, 9.17) is 4.74 Å². The average Bonchev–Trinajstić information content (AvgIpc) is 1.97. The van der Waals surface area contributed by atoms with E-state index >= 15 is 0 Å². The van der Waals surface area contributed by atoms with Gasteiger partial charge in [-0.05, 0) is 19.8 Å². The highest BCUT2D eigenvalue weighted by Crippen LogP contribution is 2.07. The molecule has 0 bridgehead atoms. The predicted molar refractivity (Wildman–Crippen MR) is 50.0 cm³/mol. The molecule has 0 aliphatic rings. The van der Waals surface area contributed by atoms with E-state index in [0.717, 1.165) is 6.42 Å². The number of unbranched alkanes of at least 4 members (excludes halogenated alkanes) is 3. The van der Waals surface area contributed by atoms with Crippen LogP contribution in [0.15, 0.2) is 0 Å². The standard InChI is InChI=1S/C10H20O2/c1-4-5-6-7-8-9(2)12-10(3)11/h9H,4-8H2,1-3H3/t9-/m0/s1. The number of ether oxygens (including phenoxy) is 1. The molecule has 0 radical (unpaired) electrons. The van der Waals surface area contributed by atoms with Crippen molar-refractivity contribution in [3.8, 4) is 0 Å². The molecule has 0 amide bonds. The van der Waals surface area contributed by atoms with Gasteiger partial charge in [-0.1, -0.05) is 26.2 Å². The van der Waals surface area contributed by atoms with Crippen LogP contribution in [-0.4, -0.2) is 12.1 Å². The van der Waals surface area contributed by atoms with E-state index in [1.807, 2.05) is 6.92 Å². The second-order valence-corrected chi connectivity index (χ2v) is 3.27. The molecule has 2 heteroatoms. The summed E-state index contributed by atoms with van der Waals surface area (Å²) in [5.74, 6) is -0.169. The van der Waals surface area contributed by atoms with Gasteiger partial charge >= 0.3 is 5.97 Å². The van der Waals surface area contributed by atoms with Crippen LogP contribution in [0.4, 0.5) is 0 Å². The summed E-state index contributed by atoms with van der Waals surface area (Å²) in [6.07, 6.45) is 6.05. The van der Waals surface area contributed by atoms with Crippen molar-refractivity contribution in [2.45, 2.75) is 59.0 Å². The molecule has 72 valence electrons. The number of carbonyl (C=O) groups is 1. The van der Waals surface area contributed by atoms with Gasteiger partial charge in [-0.15, -0.1) is 0 Å². The zero-order valence-electron chi connectivity index (χ0n) is 8.43. The molecular weight excluding hydrogens is 152 g/mol. The maximum Gasteiger partial charge on any atom is 0.302 e. The molecule has 0 rings (SSSR count). The van der Waals surface area contributed by atoms with Crippen molar-refractivity contribution in [3.63, 3.8) is 0 Å². The predicted octanol–water partition coefficient (Wildman–Crippen LogP) is 2.91. The first-order chi connectivity index (χ1) is 5.66. The van der Waals surface area contributed by atoms with Gasteiger partial charge in [-0.2, -0.15) is 0 Å². The Kier molecular flexibility index (Phi) is 6.82. The largest absolute Gasteiger partial charge is 0.463 e. The third-order valence-electron chi connectivity index (χ3n) is 1.83. The summed E-state index contributed by atoms with van der Waals surface area (Å²) in [5, 5.41) is 0. The Labute approximate surface area is 75.3 Å². The van der Waals surface area contributed by atoms with Crippen molar-refractivity contribution >= 4 is 5.97 Å². The topological polar surface area (TPSA) is 26.3 Å². The molecule has 0 aliphatic carbocycles. The molecule has 0 heterocycles. The molecular formula is C10H20O2. The van der Waals surface area contributed by atoms with Gasteiger partial charge in [0, 0.05) is 6.92 Å². The summed E-state index contributed by atoms with van der Waals surface area (Å²) in [7, 11) is 0. The van der Waals surface area contributed by atoms with Crippen LogP contribution in [0.25, 0.3) is 0 Å². The Morgan fingerprint density at radius 1 is 1.33 bits per heavy atom. The highest BCUT2D eigenvalue weighted by molar-refractivity contribution is 5.66. The summed E-state index contributed by atoms with van der Waals surface area (Å²) < 4.78 is 4.99. The maximum absolute atomic E-state index is 10.5. The van der Waals surface area contributed by atoms with Gasteiger partial charge in [0.05, 0.1) is 6.10 Å². The van der Waals surface area contributed by atoms with Crippen LogP contribution in [0.1, 0.15) is 52.9 Å². The van der Waals surface area contributed by atoms with Crippen LogP contribution in [0, 0.1) is 0 Å². The van der Waals surface area contributed by atoms with Crippen molar-refractivity contribution in [1.29, 1.82) is 0 Å². The summed E-state index contributed by atoms with van der Waals surface area (Å²) in [6, 6.07) is 0. The normalized spacial score (nSPS) is 12.6. The van der Waals surface area contributed by atoms with E-state index in [0.29, 0.717) is 0 Å². The fourth-order valence-corrected chi connectivity index (χ4v) is 1.20. The number of carbonyl (C=O) groups excluding carboxylic acids is 1. The minimum Gasteiger partial charge on any atom is -0.463 e. The Morgan fingerprint density at radius 2 is 2.00 bits per heavy atom. The monoisotopic (exact) mass is 172 g/mol. The van der Waals surface area contributed by atoms with Gasteiger partial charge in [0.15, 0.2) is 0 Å². The molecule has 0 aliphatic heterocycles. The van der Waals surface area contributed by atoms with Crippen LogP contribution < -0.4 is 0 Å². The van der Waals surface area contributed by atoms with E-state index < -0.39 is 0 Å². The zero-order chi connectivity index (χ0) is 9.40. The lowest BCUT2D eigenvalue weighted by molar-refractivity contribution is -0.145. The van der Waals surface area contributed by atoms with Gasteiger partial charge in [-0.3, -0.25) is 4.79 Å². The smallest absolute Gasteiger partial charge is 0.302 e. The Bertz CT molecular complexity index is 121. The van der Waals surface area contributed by atoms with Crippen molar-refractivity contribution in [2.75, 3.05) is 0 Å². The number of esters is 1. The summed E-state index contributed by atoms with van der Waals surface area (Å²) in [4.78, 5) is 10.5. The van der Waals surface area contributed by atoms with E-state index in [1.54, 1.807) is 0 Å². The van der Waals surface area contributed by atoms with E-state index in [-0.39, 0.29) is 12.1 Å². The summed E-state index contributed by atoms with van der Waals surface area (Å²) >= 11 is 0. The molecule has 12 heavy (non-hydrogen) atoms. The fourth-order valence-electron chi connectivity index (χ4n) is 1.20. The lowest BCUT2D eigenvalue weighted by Gasteiger charge is -2.10. The minimum absolute atomic E-state index is 0.0966. The van der Waals surface area contributed by atoms with Gasteiger partial charge in [0.2, 0.25) is 0 Å². The first kappa shape index (κ1) is 11.5. The number of rotatable bonds is 6. The molecule has 0 saturated heterocycles. The zero-order valence-corrected chi connectivity index (χ0v) is 8.43. The molecule has 0 aromatic carbocycles.